The number of hydrogen-bond donors (Lipinski definition) is 1. The van der Waals surface area contributed by atoms with E-state index in [4.69, 9.17) is 0 Å². The average molecular weight is 224 g/mol. The molecule has 1 aliphatic carbocycles. The van der Waals surface area contributed by atoms with Crippen LogP contribution < -0.4 is 0 Å². The maximum Gasteiger partial charge on any atom is 0.0695 e. The Bertz CT molecular complexity index is 180. The largest absolute Gasteiger partial charge is 0.389 e. The normalized spacial score (nSPS) is 23.0. The van der Waals surface area contributed by atoms with Gasteiger partial charge in [0, 0.05) is 0 Å². The van der Waals surface area contributed by atoms with Crippen LogP contribution in [0.25, 0.3) is 0 Å². The van der Waals surface area contributed by atoms with Gasteiger partial charge < -0.3 is 5.11 Å². The van der Waals surface area contributed by atoms with E-state index in [2.05, 4.69) is 6.08 Å². The molecular weight excluding hydrogens is 196 g/mol. The second-order valence-corrected chi connectivity index (χ2v) is 5.25. The van der Waals surface area contributed by atoms with Crippen molar-refractivity contribution in [3.63, 3.8) is 0 Å². The number of aliphatic hydroxyl groups is 1. The molecule has 1 fully saturated rings. The number of rotatable bonds is 1. The Morgan fingerprint density at radius 1 is 0.812 bits per heavy atom. The molecular formula is C15H28O. The van der Waals surface area contributed by atoms with Crippen molar-refractivity contribution in [2.45, 2.75) is 83.7 Å². The van der Waals surface area contributed by atoms with Crippen molar-refractivity contribution < 1.29 is 5.11 Å². The van der Waals surface area contributed by atoms with Crippen LogP contribution in [0, 0.1) is 0 Å². The minimum Gasteiger partial charge on any atom is -0.389 e. The molecule has 1 N–H and O–H groups in total. The predicted molar refractivity (Wildman–Crippen MR) is 70.6 cm³/mol. The summed E-state index contributed by atoms with van der Waals surface area (Å²) < 4.78 is 0. The van der Waals surface area contributed by atoms with Crippen LogP contribution in [0.15, 0.2) is 11.6 Å². The quantitative estimate of drug-likeness (QED) is 0.645. The number of aliphatic hydroxyl groups excluding tert-OH is 1. The molecule has 0 spiro atoms. The highest BCUT2D eigenvalue weighted by Gasteiger charge is 2.02. The molecule has 0 heterocycles. The summed E-state index contributed by atoms with van der Waals surface area (Å²) in [5.41, 5.74) is 1.50. The summed E-state index contributed by atoms with van der Waals surface area (Å²) >= 11 is 0. The Balaban J connectivity index is 2.36. The molecule has 16 heavy (non-hydrogen) atoms. The zero-order valence-electron chi connectivity index (χ0n) is 10.9. The van der Waals surface area contributed by atoms with Gasteiger partial charge in [-0.1, -0.05) is 56.6 Å². The van der Waals surface area contributed by atoms with Crippen molar-refractivity contribution in [3.8, 4) is 0 Å². The monoisotopic (exact) mass is 224 g/mol. The van der Waals surface area contributed by atoms with Crippen molar-refractivity contribution in [2.75, 3.05) is 0 Å². The van der Waals surface area contributed by atoms with E-state index in [0.29, 0.717) is 0 Å². The van der Waals surface area contributed by atoms with Gasteiger partial charge in [0.25, 0.3) is 0 Å². The summed E-state index contributed by atoms with van der Waals surface area (Å²) in [6.07, 6.45) is 16.7. The third kappa shape index (κ3) is 7.05. The molecule has 1 heteroatoms. The topological polar surface area (TPSA) is 20.2 Å². The summed E-state index contributed by atoms with van der Waals surface area (Å²) in [4.78, 5) is 0. The smallest absolute Gasteiger partial charge is 0.0695 e. The Morgan fingerprint density at radius 3 is 1.56 bits per heavy atom. The average Bonchev–Trinajstić information content (AvgIpc) is 2.21. The highest BCUT2D eigenvalue weighted by atomic mass is 16.3. The molecule has 1 atom stereocenters. The maximum absolute atomic E-state index is 9.42. The molecule has 0 amide bonds. The van der Waals surface area contributed by atoms with Gasteiger partial charge in [-0.2, -0.15) is 0 Å². The van der Waals surface area contributed by atoms with E-state index in [1.165, 1.54) is 76.2 Å². The lowest BCUT2D eigenvalue weighted by molar-refractivity contribution is 0.242. The zero-order chi connectivity index (χ0) is 11.6. The van der Waals surface area contributed by atoms with Gasteiger partial charge in [0.15, 0.2) is 0 Å². The molecule has 0 aromatic carbocycles. The number of hydrogen-bond acceptors (Lipinski definition) is 1. The van der Waals surface area contributed by atoms with Crippen molar-refractivity contribution in [2.24, 2.45) is 0 Å². The van der Waals surface area contributed by atoms with Crippen LogP contribution in [0.4, 0.5) is 0 Å². The lowest BCUT2D eigenvalue weighted by Crippen LogP contribution is -1.98. The fourth-order valence-electron chi connectivity index (χ4n) is 2.57. The first-order valence-electron chi connectivity index (χ1n) is 7.16. The molecule has 0 aliphatic heterocycles. The van der Waals surface area contributed by atoms with E-state index >= 15 is 0 Å². The standard InChI is InChI=1S/C15H28O/c1-14(16)13-15-11-9-7-5-3-2-4-6-8-10-12-15/h13-14,16H,2-12H2,1H3. The molecule has 0 aromatic heterocycles. The highest BCUT2D eigenvalue weighted by molar-refractivity contribution is 5.04. The second kappa shape index (κ2) is 8.81. The van der Waals surface area contributed by atoms with Crippen molar-refractivity contribution >= 4 is 0 Å². The van der Waals surface area contributed by atoms with Crippen LogP contribution in [0.1, 0.15) is 77.6 Å². The van der Waals surface area contributed by atoms with Crippen LogP contribution in [-0.4, -0.2) is 11.2 Å². The summed E-state index contributed by atoms with van der Waals surface area (Å²) in [5.74, 6) is 0. The summed E-state index contributed by atoms with van der Waals surface area (Å²) in [6, 6.07) is 0. The van der Waals surface area contributed by atoms with Gasteiger partial charge in [0.1, 0.15) is 0 Å². The summed E-state index contributed by atoms with van der Waals surface area (Å²) in [7, 11) is 0. The lowest BCUT2D eigenvalue weighted by atomic mass is 9.97. The molecule has 1 nitrogen and oxygen atoms in total. The minimum absolute atomic E-state index is 0.261. The fourth-order valence-corrected chi connectivity index (χ4v) is 2.57. The van der Waals surface area contributed by atoms with Crippen molar-refractivity contribution in [3.05, 3.63) is 11.6 Å². The van der Waals surface area contributed by atoms with E-state index in [-0.39, 0.29) is 6.10 Å². The Hall–Kier alpha value is -0.300. The van der Waals surface area contributed by atoms with E-state index < -0.39 is 0 Å². The SMILES string of the molecule is CC(O)C=C1CCCCCCCCCCC1. The Kier molecular flexibility index (Phi) is 7.58. The first kappa shape index (κ1) is 13.8. The van der Waals surface area contributed by atoms with Crippen LogP contribution in [-0.2, 0) is 0 Å². The molecule has 1 aliphatic rings. The van der Waals surface area contributed by atoms with E-state index in [1.807, 2.05) is 6.92 Å². The Labute approximate surface area is 101 Å². The molecule has 0 bridgehead atoms. The van der Waals surface area contributed by atoms with Crippen molar-refractivity contribution in [1.29, 1.82) is 0 Å². The van der Waals surface area contributed by atoms with Crippen molar-refractivity contribution in [1.82, 2.24) is 0 Å². The molecule has 1 saturated carbocycles. The second-order valence-electron chi connectivity index (χ2n) is 5.25. The number of allylic oxidation sites excluding steroid dienone is 1. The molecule has 0 radical (unpaired) electrons. The first-order valence-corrected chi connectivity index (χ1v) is 7.16. The van der Waals surface area contributed by atoms with Crippen LogP contribution in [0.5, 0.6) is 0 Å². The van der Waals surface area contributed by atoms with Gasteiger partial charge in [0.2, 0.25) is 0 Å². The Morgan fingerprint density at radius 2 is 1.19 bits per heavy atom. The van der Waals surface area contributed by atoms with Gasteiger partial charge in [-0.25, -0.2) is 0 Å². The molecule has 1 unspecified atom stereocenters. The summed E-state index contributed by atoms with van der Waals surface area (Å²) in [6.45, 7) is 1.86. The van der Waals surface area contributed by atoms with Crippen LogP contribution in [0.2, 0.25) is 0 Å². The van der Waals surface area contributed by atoms with Gasteiger partial charge in [-0.3, -0.25) is 0 Å². The minimum atomic E-state index is -0.261. The molecule has 94 valence electrons. The van der Waals surface area contributed by atoms with Gasteiger partial charge >= 0.3 is 0 Å². The lowest BCUT2D eigenvalue weighted by Gasteiger charge is -2.11. The molecule has 1 rings (SSSR count). The van der Waals surface area contributed by atoms with Crippen LogP contribution in [0.3, 0.4) is 0 Å². The third-order valence-electron chi connectivity index (χ3n) is 3.47. The molecule has 0 saturated heterocycles. The maximum atomic E-state index is 9.42. The highest BCUT2D eigenvalue weighted by Crippen LogP contribution is 2.20. The zero-order valence-corrected chi connectivity index (χ0v) is 10.9. The third-order valence-corrected chi connectivity index (χ3v) is 3.47. The summed E-state index contributed by atoms with van der Waals surface area (Å²) in [5, 5.41) is 9.42. The molecule has 0 aromatic rings. The van der Waals surface area contributed by atoms with E-state index in [9.17, 15) is 5.11 Å². The van der Waals surface area contributed by atoms with E-state index in [1.54, 1.807) is 0 Å². The predicted octanol–water partition coefficient (Wildman–Crippen LogP) is 4.60. The van der Waals surface area contributed by atoms with Gasteiger partial charge in [-0.05, 0) is 32.6 Å². The fraction of sp³-hybridized carbons (Fsp3) is 0.867. The van der Waals surface area contributed by atoms with Gasteiger partial charge in [0.05, 0.1) is 6.10 Å². The first-order chi connectivity index (χ1) is 7.79. The van der Waals surface area contributed by atoms with Gasteiger partial charge in [-0.15, -0.1) is 0 Å². The van der Waals surface area contributed by atoms with E-state index in [0.717, 1.165) is 0 Å². The van der Waals surface area contributed by atoms with Crippen LogP contribution >= 0.6 is 0 Å².